The number of aryl methyl sites for hydroxylation is 1. The highest BCUT2D eigenvalue weighted by Gasteiger charge is 2.15. The second-order valence-corrected chi connectivity index (χ2v) is 4.83. The number of nitriles is 1. The fourth-order valence-electron chi connectivity index (χ4n) is 2.20. The molecule has 0 saturated heterocycles. The lowest BCUT2D eigenvalue weighted by Gasteiger charge is -2.07. The minimum absolute atomic E-state index is 0.0348. The molecule has 4 nitrogen and oxygen atoms in total. The first-order valence-corrected chi connectivity index (χ1v) is 6.36. The van der Waals surface area contributed by atoms with Gasteiger partial charge in [0.05, 0.1) is 11.9 Å². The number of rotatable bonds is 2. The van der Waals surface area contributed by atoms with Gasteiger partial charge in [-0.3, -0.25) is 4.40 Å². The lowest BCUT2D eigenvalue weighted by Crippen LogP contribution is -2.04. The van der Waals surface area contributed by atoms with Crippen molar-refractivity contribution in [3.63, 3.8) is 0 Å². The number of fused-ring (bicyclic) bond motifs is 1. The van der Waals surface area contributed by atoms with E-state index in [1.807, 2.05) is 0 Å². The van der Waals surface area contributed by atoms with Gasteiger partial charge < -0.3 is 0 Å². The van der Waals surface area contributed by atoms with Gasteiger partial charge in [-0.15, -0.1) is 0 Å². The standard InChI is InChI=1S/C15H9F3N4/c1-8-2-12(17)9(3-11(8)16)4-13-15-20-6-14(18)22(15)7-10(5-19)21-13/h2-3,6-7H,4H2,1H3. The molecule has 0 N–H and O–H groups in total. The molecule has 0 bridgehead atoms. The monoisotopic (exact) mass is 302 g/mol. The van der Waals surface area contributed by atoms with Gasteiger partial charge in [-0.1, -0.05) is 0 Å². The molecule has 0 unspecified atom stereocenters. The highest BCUT2D eigenvalue weighted by molar-refractivity contribution is 5.48. The number of nitrogens with zero attached hydrogens (tertiary/aromatic N) is 4. The van der Waals surface area contributed by atoms with E-state index in [0.717, 1.165) is 22.7 Å². The molecule has 0 saturated carbocycles. The summed E-state index contributed by atoms with van der Waals surface area (Å²) in [5.74, 6) is -1.79. The van der Waals surface area contributed by atoms with E-state index < -0.39 is 17.6 Å². The molecule has 0 fully saturated rings. The van der Waals surface area contributed by atoms with E-state index in [1.165, 1.54) is 13.1 Å². The van der Waals surface area contributed by atoms with Crippen LogP contribution in [0, 0.1) is 35.8 Å². The van der Waals surface area contributed by atoms with Crippen LogP contribution in [0.15, 0.2) is 24.5 Å². The Labute approximate surface area is 123 Å². The summed E-state index contributed by atoms with van der Waals surface area (Å²) in [6, 6.07) is 3.96. The zero-order chi connectivity index (χ0) is 15.9. The number of hydrogen-bond donors (Lipinski definition) is 0. The number of benzene rings is 1. The summed E-state index contributed by atoms with van der Waals surface area (Å²) >= 11 is 0. The predicted molar refractivity (Wildman–Crippen MR) is 71.6 cm³/mol. The van der Waals surface area contributed by atoms with Crippen molar-refractivity contribution in [3.8, 4) is 6.07 Å². The molecule has 0 atom stereocenters. The zero-order valence-corrected chi connectivity index (χ0v) is 11.4. The molecule has 7 heteroatoms. The van der Waals surface area contributed by atoms with Crippen LogP contribution in [0.1, 0.15) is 22.5 Å². The molecule has 2 heterocycles. The average molecular weight is 302 g/mol. The summed E-state index contributed by atoms with van der Waals surface area (Å²) in [7, 11) is 0. The van der Waals surface area contributed by atoms with Gasteiger partial charge in [0.2, 0.25) is 5.95 Å². The molecule has 0 amide bonds. The maximum Gasteiger partial charge on any atom is 0.218 e. The lowest BCUT2D eigenvalue weighted by atomic mass is 10.1. The molecule has 110 valence electrons. The number of aromatic nitrogens is 3. The van der Waals surface area contributed by atoms with Crippen molar-refractivity contribution in [1.82, 2.24) is 14.4 Å². The molecular weight excluding hydrogens is 293 g/mol. The van der Waals surface area contributed by atoms with Crippen molar-refractivity contribution in [3.05, 3.63) is 64.6 Å². The van der Waals surface area contributed by atoms with Crippen molar-refractivity contribution in [2.45, 2.75) is 13.3 Å². The highest BCUT2D eigenvalue weighted by Crippen LogP contribution is 2.20. The van der Waals surface area contributed by atoms with Crippen LogP contribution >= 0.6 is 0 Å². The fraction of sp³-hybridized carbons (Fsp3) is 0.133. The second kappa shape index (κ2) is 5.15. The Morgan fingerprint density at radius 2 is 2.00 bits per heavy atom. The van der Waals surface area contributed by atoms with Gasteiger partial charge in [-0.25, -0.2) is 18.7 Å². The van der Waals surface area contributed by atoms with E-state index in [2.05, 4.69) is 9.97 Å². The van der Waals surface area contributed by atoms with Gasteiger partial charge in [-0.2, -0.15) is 9.65 Å². The molecular formula is C15H9F3N4. The van der Waals surface area contributed by atoms with Crippen LogP contribution in [0.2, 0.25) is 0 Å². The summed E-state index contributed by atoms with van der Waals surface area (Å²) in [6.07, 6.45) is 2.08. The van der Waals surface area contributed by atoms with E-state index in [9.17, 15) is 13.2 Å². The third-order valence-corrected chi connectivity index (χ3v) is 3.32. The van der Waals surface area contributed by atoms with Gasteiger partial charge in [0, 0.05) is 12.6 Å². The molecule has 0 spiro atoms. The van der Waals surface area contributed by atoms with Crippen LogP contribution in [0.3, 0.4) is 0 Å². The Hall–Kier alpha value is -2.88. The number of imidazole rings is 1. The van der Waals surface area contributed by atoms with Crippen molar-refractivity contribution in [2.24, 2.45) is 0 Å². The fourth-order valence-corrected chi connectivity index (χ4v) is 2.20. The molecule has 0 aliphatic carbocycles. The molecule has 0 aliphatic rings. The van der Waals surface area contributed by atoms with E-state index in [4.69, 9.17) is 5.26 Å². The SMILES string of the molecule is Cc1cc(F)c(Cc2nc(C#N)cn3c(F)cnc23)cc1F. The third-order valence-electron chi connectivity index (χ3n) is 3.32. The van der Waals surface area contributed by atoms with Crippen LogP contribution < -0.4 is 0 Å². The van der Waals surface area contributed by atoms with Gasteiger partial charge in [0.25, 0.3) is 0 Å². The van der Waals surface area contributed by atoms with E-state index in [1.54, 1.807) is 6.07 Å². The van der Waals surface area contributed by atoms with E-state index >= 15 is 0 Å². The normalized spacial score (nSPS) is 10.9. The summed E-state index contributed by atoms with van der Waals surface area (Å²) in [5, 5.41) is 8.95. The van der Waals surface area contributed by atoms with Crippen LogP contribution in [0.5, 0.6) is 0 Å². The second-order valence-electron chi connectivity index (χ2n) is 4.83. The van der Waals surface area contributed by atoms with Gasteiger partial charge in [0.1, 0.15) is 17.7 Å². The molecule has 22 heavy (non-hydrogen) atoms. The lowest BCUT2D eigenvalue weighted by molar-refractivity contribution is 0.570. The Morgan fingerprint density at radius 1 is 1.23 bits per heavy atom. The first kappa shape index (κ1) is 14.1. The highest BCUT2D eigenvalue weighted by atomic mass is 19.1. The van der Waals surface area contributed by atoms with E-state index in [0.29, 0.717) is 0 Å². The summed E-state index contributed by atoms with van der Waals surface area (Å²) in [6.45, 7) is 1.46. The van der Waals surface area contributed by atoms with Crippen LogP contribution in [0.4, 0.5) is 13.2 Å². The molecule has 1 aromatic carbocycles. The Bertz CT molecular complexity index is 925. The first-order chi connectivity index (χ1) is 10.5. The maximum absolute atomic E-state index is 13.9. The van der Waals surface area contributed by atoms with Crippen LogP contribution in [-0.2, 0) is 6.42 Å². The molecule has 3 rings (SSSR count). The quantitative estimate of drug-likeness (QED) is 0.731. The minimum Gasteiger partial charge on any atom is -0.272 e. The topological polar surface area (TPSA) is 54.0 Å². The van der Waals surface area contributed by atoms with Crippen molar-refractivity contribution >= 4 is 5.65 Å². The zero-order valence-electron chi connectivity index (χ0n) is 11.4. The van der Waals surface area contributed by atoms with Gasteiger partial charge in [0.15, 0.2) is 11.3 Å². The first-order valence-electron chi connectivity index (χ1n) is 6.36. The minimum atomic E-state index is -0.661. The van der Waals surface area contributed by atoms with Crippen molar-refractivity contribution in [2.75, 3.05) is 0 Å². The Balaban J connectivity index is 2.15. The molecule has 3 aromatic rings. The smallest absolute Gasteiger partial charge is 0.218 e. The predicted octanol–water partition coefficient (Wildman–Crippen LogP) is 2.92. The molecule has 2 aromatic heterocycles. The Morgan fingerprint density at radius 3 is 2.73 bits per heavy atom. The van der Waals surface area contributed by atoms with Gasteiger partial charge in [-0.05, 0) is 30.2 Å². The largest absolute Gasteiger partial charge is 0.272 e. The third kappa shape index (κ3) is 2.29. The maximum atomic E-state index is 13.9. The average Bonchev–Trinajstić information content (AvgIpc) is 2.86. The molecule has 0 radical (unpaired) electrons. The summed E-state index contributed by atoms with van der Waals surface area (Å²) in [4.78, 5) is 7.88. The van der Waals surface area contributed by atoms with Crippen molar-refractivity contribution in [1.29, 1.82) is 5.26 Å². The van der Waals surface area contributed by atoms with Gasteiger partial charge >= 0.3 is 0 Å². The summed E-state index contributed by atoms with van der Waals surface area (Å²) < 4.78 is 42.2. The number of halogens is 3. The summed E-state index contributed by atoms with van der Waals surface area (Å²) in [5.41, 5.74) is 0.586. The molecule has 0 aliphatic heterocycles. The Kier molecular flexibility index (Phi) is 3.29. The van der Waals surface area contributed by atoms with Crippen LogP contribution in [0.25, 0.3) is 5.65 Å². The van der Waals surface area contributed by atoms with E-state index in [-0.39, 0.29) is 34.6 Å². The van der Waals surface area contributed by atoms with Crippen LogP contribution in [-0.4, -0.2) is 14.4 Å². The van der Waals surface area contributed by atoms with Crippen molar-refractivity contribution < 1.29 is 13.2 Å². The number of hydrogen-bond acceptors (Lipinski definition) is 3.